The SMILES string of the molecule is O=c1ccc(-c2noc([C@H]3C[C@H]4CC[C@H]3C4)n2)c[nH]1. The predicted octanol–water partition coefficient (Wildman–Crippen LogP) is 2.33. The highest BCUT2D eigenvalue weighted by Gasteiger charge is 2.42. The summed E-state index contributed by atoms with van der Waals surface area (Å²) in [5, 5.41) is 4.04. The third-order valence-electron chi connectivity index (χ3n) is 4.54. The van der Waals surface area contributed by atoms with E-state index in [1.54, 1.807) is 12.3 Å². The van der Waals surface area contributed by atoms with Crippen molar-refractivity contribution in [2.24, 2.45) is 11.8 Å². The Morgan fingerprint density at radius 2 is 2.21 bits per heavy atom. The van der Waals surface area contributed by atoms with Gasteiger partial charge in [0.2, 0.25) is 17.3 Å². The van der Waals surface area contributed by atoms with E-state index in [4.69, 9.17) is 4.52 Å². The molecule has 5 heteroatoms. The monoisotopic (exact) mass is 257 g/mol. The molecule has 5 nitrogen and oxygen atoms in total. The van der Waals surface area contributed by atoms with Crippen molar-refractivity contribution in [1.29, 1.82) is 0 Å². The molecule has 2 aromatic rings. The number of hydrogen-bond donors (Lipinski definition) is 1. The molecule has 2 bridgehead atoms. The maximum Gasteiger partial charge on any atom is 0.247 e. The first-order valence-electron chi connectivity index (χ1n) is 6.82. The Morgan fingerprint density at radius 3 is 2.89 bits per heavy atom. The topological polar surface area (TPSA) is 71.8 Å². The molecule has 2 fully saturated rings. The first kappa shape index (κ1) is 11.0. The van der Waals surface area contributed by atoms with Crippen molar-refractivity contribution in [3.63, 3.8) is 0 Å². The number of rotatable bonds is 2. The summed E-state index contributed by atoms with van der Waals surface area (Å²) < 4.78 is 5.43. The maximum atomic E-state index is 11.0. The zero-order chi connectivity index (χ0) is 12.8. The lowest BCUT2D eigenvalue weighted by atomic mass is 9.89. The van der Waals surface area contributed by atoms with Gasteiger partial charge in [0.1, 0.15) is 0 Å². The van der Waals surface area contributed by atoms with Gasteiger partial charge in [0.05, 0.1) is 0 Å². The minimum Gasteiger partial charge on any atom is -0.339 e. The number of nitrogens with zero attached hydrogens (tertiary/aromatic N) is 2. The molecule has 0 aromatic carbocycles. The van der Waals surface area contributed by atoms with E-state index >= 15 is 0 Å². The molecule has 19 heavy (non-hydrogen) atoms. The number of nitrogens with one attached hydrogen (secondary N) is 1. The van der Waals surface area contributed by atoms with E-state index in [9.17, 15) is 4.79 Å². The zero-order valence-electron chi connectivity index (χ0n) is 10.5. The van der Waals surface area contributed by atoms with E-state index in [0.29, 0.717) is 11.7 Å². The quantitative estimate of drug-likeness (QED) is 0.896. The highest BCUT2D eigenvalue weighted by molar-refractivity contribution is 5.51. The molecule has 0 saturated heterocycles. The van der Waals surface area contributed by atoms with Crippen molar-refractivity contribution in [3.05, 3.63) is 34.6 Å². The summed E-state index contributed by atoms with van der Waals surface area (Å²) in [5.41, 5.74) is 0.665. The second-order valence-electron chi connectivity index (χ2n) is 5.68. The number of aromatic nitrogens is 3. The summed E-state index contributed by atoms with van der Waals surface area (Å²) >= 11 is 0. The Bertz CT molecular complexity index is 640. The van der Waals surface area contributed by atoms with Crippen molar-refractivity contribution in [2.75, 3.05) is 0 Å². The summed E-state index contributed by atoms with van der Waals surface area (Å²) in [6.45, 7) is 0. The summed E-state index contributed by atoms with van der Waals surface area (Å²) in [4.78, 5) is 18.2. The lowest BCUT2D eigenvalue weighted by molar-refractivity contribution is 0.302. The normalized spacial score (nSPS) is 28.9. The van der Waals surface area contributed by atoms with Crippen molar-refractivity contribution in [1.82, 2.24) is 15.1 Å². The number of pyridine rings is 1. The van der Waals surface area contributed by atoms with Crippen LogP contribution >= 0.6 is 0 Å². The van der Waals surface area contributed by atoms with Crippen molar-refractivity contribution in [2.45, 2.75) is 31.6 Å². The van der Waals surface area contributed by atoms with E-state index in [1.165, 1.54) is 31.7 Å². The van der Waals surface area contributed by atoms with Crippen LogP contribution in [0.15, 0.2) is 27.6 Å². The summed E-state index contributed by atoms with van der Waals surface area (Å²) in [5.74, 6) is 3.37. The molecule has 0 amide bonds. The van der Waals surface area contributed by atoms with Gasteiger partial charge in [-0.3, -0.25) is 4.79 Å². The number of fused-ring (bicyclic) bond motifs is 2. The second kappa shape index (κ2) is 4.05. The van der Waals surface area contributed by atoms with E-state index in [0.717, 1.165) is 23.3 Å². The van der Waals surface area contributed by atoms with Gasteiger partial charge in [-0.25, -0.2) is 0 Å². The number of aromatic amines is 1. The molecular formula is C14H15N3O2. The lowest BCUT2D eigenvalue weighted by Crippen LogP contribution is -2.08. The van der Waals surface area contributed by atoms with Gasteiger partial charge >= 0.3 is 0 Å². The van der Waals surface area contributed by atoms with E-state index in [2.05, 4.69) is 15.1 Å². The molecule has 98 valence electrons. The van der Waals surface area contributed by atoms with Crippen LogP contribution in [0.3, 0.4) is 0 Å². The summed E-state index contributed by atoms with van der Waals surface area (Å²) in [6, 6.07) is 3.19. The number of hydrogen-bond acceptors (Lipinski definition) is 4. The van der Waals surface area contributed by atoms with E-state index in [1.807, 2.05) is 0 Å². The van der Waals surface area contributed by atoms with Crippen LogP contribution in [0.25, 0.3) is 11.4 Å². The molecule has 2 saturated carbocycles. The molecule has 2 aliphatic carbocycles. The van der Waals surface area contributed by atoms with Crippen LogP contribution in [0.1, 0.15) is 37.5 Å². The Morgan fingerprint density at radius 1 is 1.26 bits per heavy atom. The van der Waals surface area contributed by atoms with Crippen LogP contribution in [0.5, 0.6) is 0 Å². The first-order chi connectivity index (χ1) is 9.29. The first-order valence-corrected chi connectivity index (χ1v) is 6.82. The second-order valence-corrected chi connectivity index (χ2v) is 5.68. The van der Waals surface area contributed by atoms with E-state index < -0.39 is 0 Å². The standard InChI is InChI=1S/C14H15N3O2/c18-12-4-3-10(7-15-12)13-16-14(19-17-13)11-6-8-1-2-9(11)5-8/h3-4,7-9,11H,1-2,5-6H2,(H,15,18)/t8-,9-,11-/m0/s1. The fourth-order valence-corrected chi connectivity index (χ4v) is 3.60. The third-order valence-corrected chi connectivity index (χ3v) is 4.54. The van der Waals surface area contributed by atoms with Crippen molar-refractivity contribution >= 4 is 0 Å². The fraction of sp³-hybridized carbons (Fsp3) is 0.500. The maximum absolute atomic E-state index is 11.0. The van der Waals surface area contributed by atoms with Crippen LogP contribution in [0.2, 0.25) is 0 Å². The van der Waals surface area contributed by atoms with Gasteiger partial charge in [-0.2, -0.15) is 4.98 Å². The fourth-order valence-electron chi connectivity index (χ4n) is 3.60. The lowest BCUT2D eigenvalue weighted by Gasteiger charge is -2.16. The molecule has 2 aliphatic rings. The molecule has 0 unspecified atom stereocenters. The van der Waals surface area contributed by atoms with Gasteiger partial charge in [0.25, 0.3) is 0 Å². The summed E-state index contributed by atoms with van der Waals surface area (Å²) in [7, 11) is 0. The minimum absolute atomic E-state index is 0.124. The highest BCUT2D eigenvalue weighted by atomic mass is 16.5. The molecular weight excluding hydrogens is 242 g/mol. The van der Waals surface area contributed by atoms with Gasteiger partial charge in [-0.05, 0) is 37.2 Å². The molecule has 3 atom stereocenters. The Labute approximate surface area is 110 Å². The average molecular weight is 257 g/mol. The Balaban J connectivity index is 1.63. The molecule has 0 spiro atoms. The highest BCUT2D eigenvalue weighted by Crippen LogP contribution is 2.52. The van der Waals surface area contributed by atoms with Crippen LogP contribution in [-0.2, 0) is 0 Å². The molecule has 0 aliphatic heterocycles. The van der Waals surface area contributed by atoms with Gasteiger partial charge < -0.3 is 9.51 Å². The largest absolute Gasteiger partial charge is 0.339 e. The smallest absolute Gasteiger partial charge is 0.247 e. The summed E-state index contributed by atoms with van der Waals surface area (Å²) in [6.07, 6.45) is 6.80. The third kappa shape index (κ3) is 1.80. The molecule has 4 rings (SSSR count). The molecule has 1 N–H and O–H groups in total. The predicted molar refractivity (Wildman–Crippen MR) is 68.5 cm³/mol. The Hall–Kier alpha value is -1.91. The van der Waals surface area contributed by atoms with Crippen LogP contribution in [0, 0.1) is 11.8 Å². The Kier molecular flexibility index (Phi) is 2.33. The van der Waals surface area contributed by atoms with Crippen molar-refractivity contribution in [3.8, 4) is 11.4 Å². The molecule has 2 heterocycles. The molecule has 0 radical (unpaired) electrons. The van der Waals surface area contributed by atoms with Gasteiger partial charge in [-0.15, -0.1) is 0 Å². The van der Waals surface area contributed by atoms with E-state index in [-0.39, 0.29) is 5.56 Å². The van der Waals surface area contributed by atoms with Crippen LogP contribution in [0.4, 0.5) is 0 Å². The zero-order valence-corrected chi connectivity index (χ0v) is 10.5. The molecule has 2 aromatic heterocycles. The van der Waals surface area contributed by atoms with Gasteiger partial charge in [0.15, 0.2) is 0 Å². The minimum atomic E-state index is -0.124. The van der Waals surface area contributed by atoms with Crippen LogP contribution < -0.4 is 5.56 Å². The van der Waals surface area contributed by atoms with Crippen LogP contribution in [-0.4, -0.2) is 15.1 Å². The van der Waals surface area contributed by atoms with Gasteiger partial charge in [-0.1, -0.05) is 11.6 Å². The average Bonchev–Trinajstić information content (AvgIpc) is 3.15. The van der Waals surface area contributed by atoms with Gasteiger partial charge in [0, 0.05) is 23.7 Å². The number of H-pyrrole nitrogens is 1. The van der Waals surface area contributed by atoms with Crippen molar-refractivity contribution < 1.29 is 4.52 Å².